The van der Waals surface area contributed by atoms with Gasteiger partial charge in [-0.25, -0.2) is 4.99 Å². The van der Waals surface area contributed by atoms with Crippen LogP contribution in [0.15, 0.2) is 93.9 Å². The molecule has 1 aliphatic heterocycles. The van der Waals surface area contributed by atoms with Crippen molar-refractivity contribution in [3.8, 4) is 11.5 Å². The van der Waals surface area contributed by atoms with Crippen molar-refractivity contribution in [2.45, 2.75) is 13.0 Å². The monoisotopic (exact) mass is 556 g/mol. The lowest BCUT2D eigenvalue weighted by Crippen LogP contribution is -2.40. The average molecular weight is 557 g/mol. The largest absolute Gasteiger partial charge is 0.497 e. The second kappa shape index (κ2) is 11.0. The summed E-state index contributed by atoms with van der Waals surface area (Å²) in [4.78, 5) is 43.5. The van der Waals surface area contributed by atoms with Crippen molar-refractivity contribution < 1.29 is 19.2 Å². The summed E-state index contributed by atoms with van der Waals surface area (Å²) in [7, 11) is 2.90. The molecule has 0 saturated heterocycles. The molecule has 0 spiro atoms. The van der Waals surface area contributed by atoms with Crippen molar-refractivity contribution in [2.24, 2.45) is 4.99 Å². The highest BCUT2D eigenvalue weighted by atomic mass is 32.1. The van der Waals surface area contributed by atoms with Crippen LogP contribution in [0.4, 0.5) is 11.4 Å². The van der Waals surface area contributed by atoms with E-state index >= 15 is 0 Å². The van der Waals surface area contributed by atoms with Gasteiger partial charge in [-0.3, -0.25) is 24.3 Å². The van der Waals surface area contributed by atoms with Gasteiger partial charge in [-0.15, -0.1) is 0 Å². The third-order valence-electron chi connectivity index (χ3n) is 6.40. The highest BCUT2D eigenvalue weighted by Gasteiger charge is 2.32. The van der Waals surface area contributed by atoms with Crippen molar-refractivity contribution in [3.63, 3.8) is 0 Å². The van der Waals surface area contributed by atoms with Gasteiger partial charge in [0.05, 0.1) is 41.0 Å². The summed E-state index contributed by atoms with van der Waals surface area (Å²) in [5.41, 5.74) is 1.91. The predicted octanol–water partition coefficient (Wildman–Crippen LogP) is 3.80. The normalized spacial score (nSPS) is 14.8. The molecular weight excluding hydrogens is 532 g/mol. The maximum Gasteiger partial charge on any atom is 0.311 e. The Hall–Kier alpha value is -5.03. The van der Waals surface area contributed by atoms with Gasteiger partial charge in [-0.1, -0.05) is 47.7 Å². The molecule has 2 heterocycles. The Balaban J connectivity index is 1.68. The van der Waals surface area contributed by atoms with E-state index in [0.717, 1.165) is 11.3 Å². The van der Waals surface area contributed by atoms with Crippen molar-refractivity contribution in [1.29, 1.82) is 0 Å². The predicted molar refractivity (Wildman–Crippen MR) is 151 cm³/mol. The zero-order valence-corrected chi connectivity index (χ0v) is 22.6. The van der Waals surface area contributed by atoms with E-state index in [0.29, 0.717) is 43.2 Å². The number of benzene rings is 3. The highest BCUT2D eigenvalue weighted by molar-refractivity contribution is 7.07. The molecule has 1 atom stereocenters. The molecule has 1 aromatic heterocycles. The second-order valence-electron chi connectivity index (χ2n) is 8.87. The van der Waals surface area contributed by atoms with Gasteiger partial charge in [0.2, 0.25) is 0 Å². The first-order valence-electron chi connectivity index (χ1n) is 12.2. The van der Waals surface area contributed by atoms with Gasteiger partial charge in [-0.2, -0.15) is 0 Å². The lowest BCUT2D eigenvalue weighted by molar-refractivity contribution is -0.385. The molecule has 3 aromatic carbocycles. The zero-order chi connectivity index (χ0) is 28.4. The number of nitro benzene ring substituents is 1. The molecule has 10 nitrogen and oxygen atoms in total. The molecule has 0 unspecified atom stereocenters. The van der Waals surface area contributed by atoms with Crippen molar-refractivity contribution >= 4 is 34.7 Å². The van der Waals surface area contributed by atoms with Crippen LogP contribution in [-0.2, 0) is 4.79 Å². The van der Waals surface area contributed by atoms with Gasteiger partial charge in [0.25, 0.3) is 11.5 Å². The SMILES string of the molecule is COc1cccc([C@@H]2C(C(=O)Nc3ccccc3)=C(C)N=c3s/c(=C\c4ccc(OC)c([N+](=O)[O-])c4)c(=O)n32)c1. The number of allylic oxidation sites excluding steroid dienone is 1. The molecule has 0 fully saturated rings. The Labute approximate surface area is 232 Å². The van der Waals surface area contributed by atoms with Crippen LogP contribution in [0.5, 0.6) is 11.5 Å². The van der Waals surface area contributed by atoms with Gasteiger partial charge in [0.15, 0.2) is 10.6 Å². The maximum atomic E-state index is 13.9. The molecule has 11 heteroatoms. The van der Waals surface area contributed by atoms with E-state index < -0.39 is 11.0 Å². The molecule has 5 rings (SSSR count). The second-order valence-corrected chi connectivity index (χ2v) is 9.88. The third kappa shape index (κ3) is 5.02. The number of fused-ring (bicyclic) bond motifs is 1. The van der Waals surface area contributed by atoms with E-state index in [1.54, 1.807) is 56.5 Å². The number of rotatable bonds is 7. The zero-order valence-electron chi connectivity index (χ0n) is 21.8. The molecule has 4 aromatic rings. The Morgan fingerprint density at radius 3 is 2.55 bits per heavy atom. The first-order valence-corrected chi connectivity index (χ1v) is 13.0. The van der Waals surface area contributed by atoms with Gasteiger partial charge >= 0.3 is 5.69 Å². The lowest BCUT2D eigenvalue weighted by Gasteiger charge is -2.25. The quantitative estimate of drug-likeness (QED) is 0.273. The minimum atomic E-state index is -0.789. The van der Waals surface area contributed by atoms with Crippen molar-refractivity contribution in [1.82, 2.24) is 4.57 Å². The smallest absolute Gasteiger partial charge is 0.311 e. The van der Waals surface area contributed by atoms with Gasteiger partial charge < -0.3 is 14.8 Å². The summed E-state index contributed by atoms with van der Waals surface area (Å²) in [6.07, 6.45) is 1.57. The van der Waals surface area contributed by atoms with Crippen LogP contribution >= 0.6 is 11.3 Å². The van der Waals surface area contributed by atoms with E-state index in [9.17, 15) is 19.7 Å². The van der Waals surface area contributed by atoms with Crippen LogP contribution in [0.2, 0.25) is 0 Å². The van der Waals surface area contributed by atoms with E-state index in [1.807, 2.05) is 24.3 Å². The van der Waals surface area contributed by atoms with Gasteiger partial charge in [0.1, 0.15) is 5.75 Å². The van der Waals surface area contributed by atoms with Crippen LogP contribution in [0.1, 0.15) is 24.1 Å². The molecule has 0 saturated carbocycles. The number of ether oxygens (including phenoxy) is 2. The summed E-state index contributed by atoms with van der Waals surface area (Å²) in [6, 6.07) is 19.9. The fourth-order valence-electron chi connectivity index (χ4n) is 4.55. The number of nitrogens with zero attached hydrogens (tertiary/aromatic N) is 3. The highest BCUT2D eigenvalue weighted by Crippen LogP contribution is 2.32. The summed E-state index contributed by atoms with van der Waals surface area (Å²) in [6.45, 7) is 1.73. The van der Waals surface area contributed by atoms with Gasteiger partial charge in [-0.05, 0) is 54.5 Å². The van der Waals surface area contributed by atoms with Crippen LogP contribution < -0.4 is 29.7 Å². The summed E-state index contributed by atoms with van der Waals surface area (Å²) in [5.74, 6) is 0.300. The van der Waals surface area contributed by atoms with E-state index in [4.69, 9.17) is 9.47 Å². The molecule has 1 amide bonds. The number of carbonyl (C=O) groups is 1. The number of aromatic nitrogens is 1. The molecule has 40 heavy (non-hydrogen) atoms. The summed E-state index contributed by atoms with van der Waals surface area (Å²) in [5, 5.41) is 14.4. The van der Waals surface area contributed by atoms with Crippen LogP contribution in [-0.4, -0.2) is 29.6 Å². The van der Waals surface area contributed by atoms with Crippen LogP contribution in [0.25, 0.3) is 6.08 Å². The van der Waals surface area contributed by atoms with Crippen molar-refractivity contribution in [3.05, 3.63) is 125 Å². The fraction of sp³-hybridized carbons (Fsp3) is 0.138. The topological polar surface area (TPSA) is 125 Å². The summed E-state index contributed by atoms with van der Waals surface area (Å²) < 4.78 is 12.3. The van der Waals surface area contributed by atoms with E-state index in [-0.39, 0.29) is 22.9 Å². The molecule has 0 radical (unpaired) electrons. The number of methoxy groups -OCH3 is 2. The number of para-hydroxylation sites is 1. The molecule has 1 aliphatic rings. The lowest BCUT2D eigenvalue weighted by atomic mass is 9.95. The van der Waals surface area contributed by atoms with E-state index in [2.05, 4.69) is 10.3 Å². The number of amides is 1. The molecule has 202 valence electrons. The third-order valence-corrected chi connectivity index (χ3v) is 7.39. The van der Waals surface area contributed by atoms with Crippen LogP contribution in [0, 0.1) is 10.1 Å². The molecule has 0 aliphatic carbocycles. The molecule has 0 bridgehead atoms. The maximum absolute atomic E-state index is 13.9. The van der Waals surface area contributed by atoms with Crippen molar-refractivity contribution in [2.75, 3.05) is 19.5 Å². The number of anilines is 1. The Morgan fingerprint density at radius 2 is 1.85 bits per heavy atom. The Morgan fingerprint density at radius 1 is 1.07 bits per heavy atom. The summed E-state index contributed by atoms with van der Waals surface area (Å²) >= 11 is 1.14. The Kier molecular flexibility index (Phi) is 7.30. The van der Waals surface area contributed by atoms with E-state index in [1.165, 1.54) is 23.8 Å². The number of nitro groups is 1. The number of hydrogen-bond acceptors (Lipinski definition) is 8. The first kappa shape index (κ1) is 26.6. The number of thiazole rings is 1. The standard InChI is InChI=1S/C29H24N4O6S/c1-17-25(27(34)31-20-9-5-4-6-10-20)26(19-8-7-11-21(16-19)38-2)32-28(35)24(40-29(32)30-17)15-18-12-13-23(39-3)22(14-18)33(36)37/h4-16,26H,1-3H3,(H,31,34)/b24-15-/t26-/m1/s1. The number of hydrogen-bond donors (Lipinski definition) is 1. The van der Waals surface area contributed by atoms with Crippen LogP contribution in [0.3, 0.4) is 0 Å². The Bertz CT molecular complexity index is 1840. The number of nitrogens with one attached hydrogen (secondary N) is 1. The minimum absolute atomic E-state index is 0.117. The average Bonchev–Trinajstić information content (AvgIpc) is 3.26. The van der Waals surface area contributed by atoms with Gasteiger partial charge in [0, 0.05) is 11.8 Å². The molecule has 1 N–H and O–H groups in total. The first-order chi connectivity index (χ1) is 19.3. The minimum Gasteiger partial charge on any atom is -0.497 e. The fourth-order valence-corrected chi connectivity index (χ4v) is 5.60. The molecular formula is C29H24N4O6S. The number of carbonyl (C=O) groups excluding carboxylic acids is 1.